The van der Waals surface area contributed by atoms with Crippen LogP contribution in [0.15, 0.2) is 41.4 Å². The van der Waals surface area contributed by atoms with Crippen molar-refractivity contribution in [2.45, 2.75) is 32.4 Å². The van der Waals surface area contributed by atoms with E-state index >= 15 is 0 Å². The van der Waals surface area contributed by atoms with Gasteiger partial charge in [-0.05, 0) is 61.7 Å². The molecule has 28 heavy (non-hydrogen) atoms. The van der Waals surface area contributed by atoms with Crippen LogP contribution in [0.2, 0.25) is 5.02 Å². The average molecular weight is 416 g/mol. The number of carbonyl (C=O) groups is 2. The van der Waals surface area contributed by atoms with Crippen molar-refractivity contribution < 1.29 is 9.59 Å². The third-order valence-electron chi connectivity index (χ3n) is 4.72. The molecule has 1 heterocycles. The normalized spacial score (nSPS) is 18.5. The van der Waals surface area contributed by atoms with Crippen molar-refractivity contribution in [2.24, 2.45) is 4.99 Å². The fourth-order valence-corrected chi connectivity index (χ4v) is 3.94. The second-order valence-electron chi connectivity index (χ2n) is 6.88. The Morgan fingerprint density at radius 3 is 2.54 bits per heavy atom. The van der Waals surface area contributed by atoms with Crippen LogP contribution < -0.4 is 5.32 Å². The summed E-state index contributed by atoms with van der Waals surface area (Å²) in [5, 5.41) is 3.40. The van der Waals surface area contributed by atoms with Gasteiger partial charge in [0, 0.05) is 24.2 Å². The molecule has 1 saturated heterocycles. The molecule has 0 radical (unpaired) electrons. The number of aryl methyl sites for hydroxylation is 3. The van der Waals surface area contributed by atoms with Crippen LogP contribution in [-0.4, -0.2) is 34.2 Å². The van der Waals surface area contributed by atoms with E-state index < -0.39 is 5.25 Å². The highest BCUT2D eigenvalue weighted by molar-refractivity contribution is 8.15. The predicted octanol–water partition coefficient (Wildman–Crippen LogP) is 4.86. The Hall–Kier alpha value is -2.31. The second kappa shape index (κ2) is 8.37. The van der Waals surface area contributed by atoms with E-state index in [2.05, 4.69) is 10.3 Å². The summed E-state index contributed by atoms with van der Waals surface area (Å²) in [7, 11) is 1.68. The first-order valence-electron chi connectivity index (χ1n) is 8.91. The number of amidine groups is 1. The van der Waals surface area contributed by atoms with E-state index in [0.717, 1.165) is 16.8 Å². The number of rotatable bonds is 3. The van der Waals surface area contributed by atoms with Crippen LogP contribution in [0.25, 0.3) is 0 Å². The van der Waals surface area contributed by atoms with Crippen LogP contribution in [0.3, 0.4) is 0 Å². The Morgan fingerprint density at radius 2 is 1.86 bits per heavy atom. The number of halogens is 1. The molecule has 0 spiro atoms. The zero-order valence-corrected chi connectivity index (χ0v) is 17.8. The number of benzene rings is 2. The molecule has 0 bridgehead atoms. The minimum Gasteiger partial charge on any atom is -0.325 e. The van der Waals surface area contributed by atoms with Crippen molar-refractivity contribution in [1.82, 2.24) is 4.90 Å². The first-order valence-corrected chi connectivity index (χ1v) is 10.2. The molecule has 7 heteroatoms. The Morgan fingerprint density at radius 1 is 1.14 bits per heavy atom. The quantitative estimate of drug-likeness (QED) is 0.778. The monoisotopic (exact) mass is 415 g/mol. The molecule has 0 saturated carbocycles. The van der Waals surface area contributed by atoms with Gasteiger partial charge in [-0.3, -0.25) is 14.5 Å². The Kier molecular flexibility index (Phi) is 6.10. The molecular formula is C21H22ClN3O2S. The summed E-state index contributed by atoms with van der Waals surface area (Å²) in [5.41, 5.74) is 4.61. The smallest absolute Gasteiger partial charge is 0.238 e. The van der Waals surface area contributed by atoms with E-state index in [9.17, 15) is 9.59 Å². The lowest BCUT2D eigenvalue weighted by Gasteiger charge is -2.28. The van der Waals surface area contributed by atoms with E-state index in [1.54, 1.807) is 19.2 Å². The zero-order valence-electron chi connectivity index (χ0n) is 16.2. The molecule has 2 aromatic carbocycles. The van der Waals surface area contributed by atoms with Crippen molar-refractivity contribution in [1.29, 1.82) is 0 Å². The summed E-state index contributed by atoms with van der Waals surface area (Å²) >= 11 is 7.42. The van der Waals surface area contributed by atoms with Crippen molar-refractivity contribution in [3.63, 3.8) is 0 Å². The summed E-state index contributed by atoms with van der Waals surface area (Å²) in [6.45, 7) is 5.95. The van der Waals surface area contributed by atoms with Gasteiger partial charge in [0.05, 0.1) is 5.69 Å². The minimum atomic E-state index is -0.547. The number of hydrogen-bond acceptors (Lipinski definition) is 4. The lowest BCUT2D eigenvalue weighted by molar-refractivity contribution is -0.128. The first-order chi connectivity index (χ1) is 13.2. The Bertz CT molecular complexity index is 974. The highest BCUT2D eigenvalue weighted by Crippen LogP contribution is 2.30. The van der Waals surface area contributed by atoms with Gasteiger partial charge in [-0.15, -0.1) is 0 Å². The lowest BCUT2D eigenvalue weighted by atomic mass is 10.1. The average Bonchev–Trinajstić information content (AvgIpc) is 2.65. The lowest BCUT2D eigenvalue weighted by Crippen LogP contribution is -2.43. The van der Waals surface area contributed by atoms with Crippen LogP contribution in [0.4, 0.5) is 11.4 Å². The standard InChI is InChI=1S/C21H22ClN3O2S/c1-12-5-7-15(9-14(12)3)24-21-25(4)19(26)11-18(28-21)20(27)23-16-8-6-13(2)17(22)10-16/h5-10,18H,11H2,1-4H3,(H,23,27)/t18-/m1/s1. The molecule has 1 N–H and O–H groups in total. The Balaban J connectivity index is 1.79. The number of amides is 2. The summed E-state index contributed by atoms with van der Waals surface area (Å²) < 4.78 is 0. The molecule has 0 aromatic heterocycles. The van der Waals surface area contributed by atoms with Gasteiger partial charge in [-0.25, -0.2) is 4.99 Å². The number of anilines is 1. The summed E-state index contributed by atoms with van der Waals surface area (Å²) in [6, 6.07) is 11.2. The fourth-order valence-electron chi connectivity index (χ4n) is 2.70. The van der Waals surface area contributed by atoms with Gasteiger partial charge in [0.2, 0.25) is 11.8 Å². The fraction of sp³-hybridized carbons (Fsp3) is 0.286. The number of nitrogens with one attached hydrogen (secondary N) is 1. The molecular weight excluding hydrogens is 394 g/mol. The van der Waals surface area contributed by atoms with E-state index in [-0.39, 0.29) is 18.2 Å². The third-order valence-corrected chi connectivity index (χ3v) is 6.36. The van der Waals surface area contributed by atoms with Crippen molar-refractivity contribution in [3.8, 4) is 0 Å². The van der Waals surface area contributed by atoms with Crippen molar-refractivity contribution >= 4 is 51.7 Å². The SMILES string of the molecule is Cc1ccc(N=C2S[C@@H](C(=O)Nc3ccc(C)c(Cl)c3)CC(=O)N2C)cc1C. The molecule has 2 aromatic rings. The van der Waals surface area contributed by atoms with E-state index in [1.807, 2.05) is 45.0 Å². The highest BCUT2D eigenvalue weighted by atomic mass is 35.5. The topological polar surface area (TPSA) is 61.8 Å². The molecule has 1 fully saturated rings. The van der Waals surface area contributed by atoms with Gasteiger partial charge < -0.3 is 5.32 Å². The van der Waals surface area contributed by atoms with Crippen LogP contribution in [-0.2, 0) is 9.59 Å². The molecule has 1 aliphatic heterocycles. The number of aliphatic imine (C=N–C) groups is 1. The maximum absolute atomic E-state index is 12.7. The first kappa shape index (κ1) is 20.4. The maximum atomic E-state index is 12.7. The Labute approximate surface area is 174 Å². The van der Waals surface area contributed by atoms with Gasteiger partial charge in [-0.1, -0.05) is 35.5 Å². The van der Waals surface area contributed by atoms with Crippen LogP contribution in [0.1, 0.15) is 23.1 Å². The largest absolute Gasteiger partial charge is 0.325 e. The number of thioether (sulfide) groups is 1. The van der Waals surface area contributed by atoms with Crippen molar-refractivity contribution in [3.05, 3.63) is 58.1 Å². The van der Waals surface area contributed by atoms with Crippen LogP contribution in [0.5, 0.6) is 0 Å². The van der Waals surface area contributed by atoms with Gasteiger partial charge in [0.15, 0.2) is 5.17 Å². The summed E-state index contributed by atoms with van der Waals surface area (Å²) in [4.78, 5) is 31.2. The summed E-state index contributed by atoms with van der Waals surface area (Å²) in [6.07, 6.45) is 0.124. The molecule has 1 aliphatic rings. The molecule has 146 valence electrons. The molecule has 1 atom stereocenters. The maximum Gasteiger partial charge on any atom is 0.238 e. The van der Waals surface area contributed by atoms with E-state index in [1.165, 1.54) is 22.2 Å². The van der Waals surface area contributed by atoms with E-state index in [0.29, 0.717) is 15.9 Å². The minimum absolute atomic E-state index is 0.124. The predicted molar refractivity (Wildman–Crippen MR) is 117 cm³/mol. The highest BCUT2D eigenvalue weighted by Gasteiger charge is 2.34. The molecule has 0 aliphatic carbocycles. The van der Waals surface area contributed by atoms with Crippen molar-refractivity contribution in [2.75, 3.05) is 12.4 Å². The van der Waals surface area contributed by atoms with Crippen LogP contribution in [0, 0.1) is 20.8 Å². The van der Waals surface area contributed by atoms with Gasteiger partial charge in [0.1, 0.15) is 5.25 Å². The molecule has 3 rings (SSSR count). The molecule has 0 unspecified atom stereocenters. The number of carbonyl (C=O) groups excluding carboxylic acids is 2. The van der Waals surface area contributed by atoms with Gasteiger partial charge >= 0.3 is 0 Å². The molecule has 2 amide bonds. The van der Waals surface area contributed by atoms with E-state index in [4.69, 9.17) is 11.6 Å². The molecule has 5 nitrogen and oxygen atoms in total. The van der Waals surface area contributed by atoms with Gasteiger partial charge in [0.25, 0.3) is 0 Å². The number of hydrogen-bond donors (Lipinski definition) is 1. The second-order valence-corrected chi connectivity index (χ2v) is 8.46. The van der Waals surface area contributed by atoms with Crippen LogP contribution >= 0.6 is 23.4 Å². The van der Waals surface area contributed by atoms with Gasteiger partial charge in [-0.2, -0.15) is 0 Å². The third kappa shape index (κ3) is 4.56. The number of nitrogens with zero attached hydrogens (tertiary/aromatic N) is 2. The summed E-state index contributed by atoms with van der Waals surface area (Å²) in [5.74, 6) is -0.373. The zero-order chi connectivity index (χ0) is 20.4.